The van der Waals surface area contributed by atoms with Crippen LogP contribution >= 0.6 is 11.6 Å². The minimum Gasteiger partial charge on any atom is -0.378 e. The zero-order valence-electron chi connectivity index (χ0n) is 11.0. The lowest BCUT2D eigenvalue weighted by Crippen LogP contribution is -2.05. The first kappa shape index (κ1) is 12.7. The largest absolute Gasteiger partial charge is 0.378 e. The van der Waals surface area contributed by atoms with E-state index in [1.807, 2.05) is 35.9 Å². The molecule has 1 aromatic carbocycles. The number of aromatic amines is 1. The maximum atomic E-state index is 6.30. The zero-order chi connectivity index (χ0) is 13.9. The summed E-state index contributed by atoms with van der Waals surface area (Å²) < 4.78 is 1.89. The molecule has 0 amide bonds. The van der Waals surface area contributed by atoms with Crippen molar-refractivity contribution < 1.29 is 0 Å². The Hall–Kier alpha value is -2.27. The molecule has 0 saturated carbocycles. The van der Waals surface area contributed by atoms with Gasteiger partial charge in [-0.1, -0.05) is 17.7 Å². The Morgan fingerprint density at radius 2 is 2.30 bits per heavy atom. The summed E-state index contributed by atoms with van der Waals surface area (Å²) in [7, 11) is 0. The molecular formula is C14H14ClN5. The first-order chi connectivity index (χ1) is 9.75. The van der Waals surface area contributed by atoms with E-state index in [0.29, 0.717) is 11.6 Å². The van der Waals surface area contributed by atoms with E-state index in [9.17, 15) is 0 Å². The van der Waals surface area contributed by atoms with Crippen molar-refractivity contribution in [3.63, 3.8) is 0 Å². The van der Waals surface area contributed by atoms with Crippen LogP contribution in [0.15, 0.2) is 43.2 Å². The molecule has 0 aliphatic carbocycles. The zero-order valence-corrected chi connectivity index (χ0v) is 11.7. The average Bonchev–Trinajstić information content (AvgIpc) is 3.08. The van der Waals surface area contributed by atoms with E-state index >= 15 is 0 Å². The molecule has 2 aromatic heterocycles. The minimum atomic E-state index is 0.636. The number of nitrogens with zero attached hydrogens (tertiary/aromatic N) is 3. The quantitative estimate of drug-likeness (QED) is 0.775. The van der Waals surface area contributed by atoms with Gasteiger partial charge in [0, 0.05) is 18.1 Å². The summed E-state index contributed by atoms with van der Waals surface area (Å²) in [5.41, 5.74) is 3.88. The highest BCUT2D eigenvalue weighted by molar-refractivity contribution is 6.33. The lowest BCUT2D eigenvalue weighted by molar-refractivity contribution is 1.02. The molecule has 0 aliphatic rings. The number of halogens is 1. The van der Waals surface area contributed by atoms with E-state index < -0.39 is 0 Å². The number of para-hydroxylation sites is 1. The maximum Gasteiger partial charge on any atom is 0.0992 e. The molecule has 0 aliphatic heterocycles. The van der Waals surface area contributed by atoms with Crippen molar-refractivity contribution in [2.45, 2.75) is 13.5 Å². The van der Waals surface area contributed by atoms with Crippen LogP contribution in [0.3, 0.4) is 0 Å². The summed E-state index contributed by atoms with van der Waals surface area (Å²) in [6, 6.07) is 5.77. The summed E-state index contributed by atoms with van der Waals surface area (Å²) in [6.45, 7) is 2.64. The van der Waals surface area contributed by atoms with Gasteiger partial charge in [0.2, 0.25) is 0 Å². The Morgan fingerprint density at radius 3 is 3.00 bits per heavy atom. The van der Waals surface area contributed by atoms with Crippen molar-refractivity contribution in [3.05, 3.63) is 59.7 Å². The third-order valence-electron chi connectivity index (χ3n) is 3.13. The third-order valence-corrected chi connectivity index (χ3v) is 3.43. The minimum absolute atomic E-state index is 0.636. The molecule has 0 unspecified atom stereocenters. The van der Waals surface area contributed by atoms with E-state index in [0.717, 1.165) is 22.8 Å². The average molecular weight is 288 g/mol. The van der Waals surface area contributed by atoms with Gasteiger partial charge in [0.05, 0.1) is 41.3 Å². The van der Waals surface area contributed by atoms with E-state index in [4.69, 9.17) is 11.6 Å². The molecule has 2 heterocycles. The first-order valence-corrected chi connectivity index (χ1v) is 6.63. The fourth-order valence-corrected chi connectivity index (χ4v) is 2.33. The molecule has 0 bridgehead atoms. The third kappa shape index (κ3) is 2.40. The number of benzene rings is 1. The van der Waals surface area contributed by atoms with Crippen LogP contribution in [0.2, 0.25) is 5.02 Å². The Morgan fingerprint density at radius 1 is 1.40 bits per heavy atom. The summed E-state index contributed by atoms with van der Waals surface area (Å²) in [5, 5.41) is 4.04. The molecule has 0 fully saturated rings. The Labute approximate surface area is 121 Å². The van der Waals surface area contributed by atoms with Gasteiger partial charge in [-0.2, -0.15) is 0 Å². The van der Waals surface area contributed by atoms with Crippen molar-refractivity contribution in [2.24, 2.45) is 0 Å². The standard InChI is InChI=1S/C14H14ClN5/c1-10-13(19-8-18-10)7-17-12-4-2-3-11(15)14(12)20-6-5-16-9-20/h2-6,8-9,17H,7H2,1H3,(H,18,19). The number of nitrogens with one attached hydrogen (secondary N) is 2. The first-order valence-electron chi connectivity index (χ1n) is 6.25. The lowest BCUT2D eigenvalue weighted by Gasteiger charge is -2.13. The highest BCUT2D eigenvalue weighted by Crippen LogP contribution is 2.28. The molecular weight excluding hydrogens is 274 g/mol. The molecule has 2 N–H and O–H groups in total. The van der Waals surface area contributed by atoms with Crippen LogP contribution in [0.4, 0.5) is 5.69 Å². The SMILES string of the molecule is Cc1[nH]cnc1CNc1cccc(Cl)c1-n1ccnc1. The van der Waals surface area contributed by atoms with Crippen molar-refractivity contribution in [1.82, 2.24) is 19.5 Å². The van der Waals surface area contributed by atoms with Crippen LogP contribution in [0.5, 0.6) is 0 Å². The van der Waals surface area contributed by atoms with Crippen molar-refractivity contribution in [3.8, 4) is 5.69 Å². The highest BCUT2D eigenvalue weighted by Gasteiger charge is 2.09. The molecule has 0 spiro atoms. The predicted octanol–water partition coefficient (Wildman–Crippen LogP) is 3.17. The number of hydrogen-bond donors (Lipinski definition) is 2. The van der Waals surface area contributed by atoms with Gasteiger partial charge >= 0.3 is 0 Å². The molecule has 0 radical (unpaired) electrons. The normalized spacial score (nSPS) is 10.7. The Bertz CT molecular complexity index is 702. The number of H-pyrrole nitrogens is 1. The smallest absolute Gasteiger partial charge is 0.0992 e. The van der Waals surface area contributed by atoms with Crippen LogP contribution in [0, 0.1) is 6.92 Å². The van der Waals surface area contributed by atoms with Crippen LogP contribution in [-0.4, -0.2) is 19.5 Å². The van der Waals surface area contributed by atoms with Gasteiger partial charge in [-0.3, -0.25) is 0 Å². The summed E-state index contributed by atoms with van der Waals surface area (Å²) >= 11 is 6.30. The number of aryl methyl sites for hydroxylation is 1. The number of hydrogen-bond acceptors (Lipinski definition) is 3. The van der Waals surface area contributed by atoms with Gasteiger partial charge in [-0.05, 0) is 19.1 Å². The van der Waals surface area contributed by atoms with Crippen molar-refractivity contribution in [1.29, 1.82) is 0 Å². The predicted molar refractivity (Wildman–Crippen MR) is 79.2 cm³/mol. The Balaban J connectivity index is 1.90. The van der Waals surface area contributed by atoms with Gasteiger partial charge in [-0.25, -0.2) is 9.97 Å². The van der Waals surface area contributed by atoms with Crippen LogP contribution in [0.1, 0.15) is 11.4 Å². The molecule has 5 nitrogen and oxygen atoms in total. The van der Waals surface area contributed by atoms with E-state index in [1.165, 1.54) is 0 Å². The molecule has 20 heavy (non-hydrogen) atoms. The lowest BCUT2D eigenvalue weighted by atomic mass is 10.2. The van der Waals surface area contributed by atoms with Crippen LogP contribution in [0.25, 0.3) is 5.69 Å². The summed E-state index contributed by atoms with van der Waals surface area (Å²) in [4.78, 5) is 11.4. The highest BCUT2D eigenvalue weighted by atomic mass is 35.5. The van der Waals surface area contributed by atoms with Gasteiger partial charge < -0.3 is 14.9 Å². The van der Waals surface area contributed by atoms with Crippen LogP contribution in [-0.2, 0) is 6.54 Å². The Kier molecular flexibility index (Phi) is 3.43. The number of rotatable bonds is 4. The summed E-state index contributed by atoms with van der Waals surface area (Å²) in [5.74, 6) is 0. The second-order valence-electron chi connectivity index (χ2n) is 4.43. The topological polar surface area (TPSA) is 58.5 Å². The monoisotopic (exact) mass is 287 g/mol. The van der Waals surface area contributed by atoms with Crippen molar-refractivity contribution in [2.75, 3.05) is 5.32 Å². The molecule has 6 heteroatoms. The van der Waals surface area contributed by atoms with E-state index in [-0.39, 0.29) is 0 Å². The second-order valence-corrected chi connectivity index (χ2v) is 4.84. The number of aromatic nitrogens is 4. The van der Waals surface area contributed by atoms with Gasteiger partial charge in [0.15, 0.2) is 0 Å². The molecule has 0 saturated heterocycles. The summed E-state index contributed by atoms with van der Waals surface area (Å²) in [6.07, 6.45) is 7.02. The molecule has 0 atom stereocenters. The molecule has 3 aromatic rings. The van der Waals surface area contributed by atoms with Gasteiger partial charge in [-0.15, -0.1) is 0 Å². The fourth-order valence-electron chi connectivity index (χ4n) is 2.06. The van der Waals surface area contributed by atoms with Gasteiger partial charge in [0.25, 0.3) is 0 Å². The molecule has 3 rings (SSSR count). The number of anilines is 1. The van der Waals surface area contributed by atoms with Crippen molar-refractivity contribution >= 4 is 17.3 Å². The molecule has 102 valence electrons. The fraction of sp³-hybridized carbons (Fsp3) is 0.143. The number of imidazole rings is 2. The van der Waals surface area contributed by atoms with Crippen LogP contribution < -0.4 is 5.32 Å². The maximum absolute atomic E-state index is 6.30. The second kappa shape index (κ2) is 5.38. The van der Waals surface area contributed by atoms with Gasteiger partial charge in [0.1, 0.15) is 0 Å². The van der Waals surface area contributed by atoms with E-state index in [2.05, 4.69) is 20.3 Å². The van der Waals surface area contributed by atoms with E-state index in [1.54, 1.807) is 18.9 Å².